The molecule has 0 aliphatic heterocycles. The van der Waals surface area contributed by atoms with Gasteiger partial charge in [-0.1, -0.05) is 0 Å². The van der Waals surface area contributed by atoms with Crippen molar-refractivity contribution in [2.75, 3.05) is 5.32 Å². The maximum absolute atomic E-state index is 12.1. The molecule has 0 bridgehead atoms. The number of carbonyl (C=O) groups excluding carboxylic acids is 1. The van der Waals surface area contributed by atoms with E-state index in [0.29, 0.717) is 17.3 Å². The highest BCUT2D eigenvalue weighted by Gasteiger charge is 2.09. The number of carbonyl (C=O) groups is 1. The number of aryl methyl sites for hydroxylation is 3. The van der Waals surface area contributed by atoms with Gasteiger partial charge in [0.1, 0.15) is 6.54 Å². The number of nitrogens with zero attached hydrogens (tertiary/aromatic N) is 6. The molecule has 1 amide bonds. The van der Waals surface area contributed by atoms with Crippen molar-refractivity contribution in [2.24, 2.45) is 0 Å². The molecule has 9 nitrogen and oxygen atoms in total. The second kappa shape index (κ2) is 6.63. The monoisotopic (exact) mass is 339 g/mol. The van der Waals surface area contributed by atoms with Crippen LogP contribution in [0.4, 0.5) is 5.69 Å². The Morgan fingerprint density at radius 1 is 1.08 bits per heavy atom. The quantitative estimate of drug-likeness (QED) is 0.753. The molecule has 0 aromatic carbocycles. The first-order chi connectivity index (χ1) is 11.9. The van der Waals surface area contributed by atoms with Crippen molar-refractivity contribution in [3.05, 3.63) is 58.3 Å². The first-order valence-electron chi connectivity index (χ1n) is 7.61. The first-order valence-corrected chi connectivity index (χ1v) is 7.61. The molecule has 0 saturated carbocycles. The molecule has 3 aromatic heterocycles. The number of aromatic nitrogens is 6. The predicted octanol–water partition coefficient (Wildman–Crippen LogP) is 0.783. The van der Waals surface area contributed by atoms with E-state index >= 15 is 0 Å². The lowest BCUT2D eigenvalue weighted by Crippen LogP contribution is -2.27. The third-order valence-electron chi connectivity index (χ3n) is 3.45. The van der Waals surface area contributed by atoms with Gasteiger partial charge >= 0.3 is 0 Å². The van der Waals surface area contributed by atoms with Gasteiger partial charge in [-0.05, 0) is 26.8 Å². The van der Waals surface area contributed by atoms with Gasteiger partial charge in [-0.15, -0.1) is 0 Å². The molecule has 3 aromatic rings. The van der Waals surface area contributed by atoms with Gasteiger partial charge in [0.15, 0.2) is 0 Å². The van der Waals surface area contributed by atoms with Crippen molar-refractivity contribution in [2.45, 2.75) is 27.3 Å². The second-order valence-electron chi connectivity index (χ2n) is 5.66. The Balaban J connectivity index is 1.70. The normalized spacial score (nSPS) is 10.7. The van der Waals surface area contributed by atoms with E-state index < -0.39 is 0 Å². The predicted molar refractivity (Wildman–Crippen MR) is 90.5 cm³/mol. The third kappa shape index (κ3) is 3.77. The number of nitrogens with one attached hydrogen (secondary N) is 1. The second-order valence-corrected chi connectivity index (χ2v) is 5.66. The van der Waals surface area contributed by atoms with Gasteiger partial charge in [0, 0.05) is 17.5 Å². The first kappa shape index (κ1) is 16.5. The summed E-state index contributed by atoms with van der Waals surface area (Å²) < 4.78 is 2.85. The lowest BCUT2D eigenvalue weighted by Gasteiger charge is -2.07. The van der Waals surface area contributed by atoms with Crippen molar-refractivity contribution < 1.29 is 4.79 Å². The van der Waals surface area contributed by atoms with E-state index in [4.69, 9.17) is 0 Å². The Kier molecular flexibility index (Phi) is 4.38. The zero-order chi connectivity index (χ0) is 18.0. The van der Waals surface area contributed by atoms with Gasteiger partial charge in [-0.2, -0.15) is 5.10 Å². The van der Waals surface area contributed by atoms with E-state index in [1.165, 1.54) is 29.4 Å². The Morgan fingerprint density at radius 2 is 1.80 bits per heavy atom. The number of anilines is 1. The summed E-state index contributed by atoms with van der Waals surface area (Å²) in [5.74, 6) is 0.0535. The van der Waals surface area contributed by atoms with Gasteiger partial charge in [0.2, 0.25) is 5.91 Å². The van der Waals surface area contributed by atoms with Gasteiger partial charge < -0.3 is 5.32 Å². The maximum Gasteiger partial charge on any atom is 0.253 e. The third-order valence-corrected chi connectivity index (χ3v) is 3.45. The Bertz CT molecular complexity index is 973. The zero-order valence-electron chi connectivity index (χ0n) is 14.1. The van der Waals surface area contributed by atoms with Crippen LogP contribution in [-0.2, 0) is 11.3 Å². The summed E-state index contributed by atoms with van der Waals surface area (Å²) in [6, 6.07) is 3.30. The minimum atomic E-state index is -0.366. The molecule has 3 heterocycles. The summed E-state index contributed by atoms with van der Waals surface area (Å²) >= 11 is 0. The van der Waals surface area contributed by atoms with Crippen LogP contribution in [0.2, 0.25) is 0 Å². The molecule has 0 atom stereocenters. The molecule has 128 valence electrons. The highest BCUT2D eigenvalue weighted by atomic mass is 16.2. The van der Waals surface area contributed by atoms with E-state index in [1.54, 1.807) is 11.6 Å². The van der Waals surface area contributed by atoms with Crippen LogP contribution >= 0.6 is 0 Å². The van der Waals surface area contributed by atoms with Crippen molar-refractivity contribution in [3.8, 4) is 5.95 Å². The molecule has 0 unspecified atom stereocenters. The molecular formula is C16H17N7O2. The minimum Gasteiger partial charge on any atom is -0.322 e. The summed E-state index contributed by atoms with van der Waals surface area (Å²) in [5.41, 5.74) is 2.55. The van der Waals surface area contributed by atoms with E-state index in [2.05, 4.69) is 25.4 Å². The van der Waals surface area contributed by atoms with Crippen LogP contribution in [0, 0.1) is 20.8 Å². The number of amides is 1. The average Bonchev–Trinajstić information content (AvgIpc) is 2.89. The van der Waals surface area contributed by atoms with Gasteiger partial charge in [0.25, 0.3) is 11.5 Å². The average molecular weight is 339 g/mol. The SMILES string of the molecule is Cc1cc(=O)n(CC(=O)Nc2cnc(-n3nc(C)cc3C)nc2)cn1. The topological polar surface area (TPSA) is 108 Å². The summed E-state index contributed by atoms with van der Waals surface area (Å²) in [6.45, 7) is 5.38. The molecule has 3 rings (SSSR count). The summed E-state index contributed by atoms with van der Waals surface area (Å²) in [5, 5.41) is 6.95. The van der Waals surface area contributed by atoms with Crippen LogP contribution in [0.5, 0.6) is 0 Å². The highest BCUT2D eigenvalue weighted by molar-refractivity contribution is 5.90. The van der Waals surface area contributed by atoms with E-state index in [1.807, 2.05) is 19.9 Å². The number of rotatable bonds is 4. The molecular weight excluding hydrogens is 322 g/mol. The fourth-order valence-electron chi connectivity index (χ4n) is 2.32. The molecule has 0 radical (unpaired) electrons. The zero-order valence-corrected chi connectivity index (χ0v) is 14.1. The smallest absolute Gasteiger partial charge is 0.253 e. The highest BCUT2D eigenvalue weighted by Crippen LogP contribution is 2.09. The van der Waals surface area contributed by atoms with E-state index in [-0.39, 0.29) is 18.0 Å². The Labute approximate surface area is 143 Å². The lowest BCUT2D eigenvalue weighted by atomic mass is 10.4. The van der Waals surface area contributed by atoms with Crippen molar-refractivity contribution in [1.29, 1.82) is 0 Å². The molecule has 0 fully saturated rings. The molecule has 0 spiro atoms. The van der Waals surface area contributed by atoms with Crippen LogP contribution in [0.1, 0.15) is 17.1 Å². The summed E-state index contributed by atoms with van der Waals surface area (Å²) in [4.78, 5) is 36.2. The van der Waals surface area contributed by atoms with Crippen LogP contribution < -0.4 is 10.9 Å². The minimum absolute atomic E-state index is 0.134. The molecule has 25 heavy (non-hydrogen) atoms. The van der Waals surface area contributed by atoms with Gasteiger partial charge in [0.05, 0.1) is 30.1 Å². The largest absolute Gasteiger partial charge is 0.322 e. The number of hydrogen-bond donors (Lipinski definition) is 1. The van der Waals surface area contributed by atoms with Crippen LogP contribution in [0.15, 0.2) is 35.6 Å². The van der Waals surface area contributed by atoms with Gasteiger partial charge in [-0.3, -0.25) is 14.2 Å². The molecule has 0 aliphatic rings. The lowest BCUT2D eigenvalue weighted by molar-refractivity contribution is -0.116. The van der Waals surface area contributed by atoms with E-state index in [0.717, 1.165) is 11.4 Å². The Morgan fingerprint density at radius 3 is 2.40 bits per heavy atom. The van der Waals surface area contributed by atoms with Crippen LogP contribution in [0.25, 0.3) is 5.95 Å². The molecule has 0 aliphatic carbocycles. The van der Waals surface area contributed by atoms with Crippen molar-refractivity contribution >= 4 is 11.6 Å². The van der Waals surface area contributed by atoms with Crippen molar-refractivity contribution in [3.63, 3.8) is 0 Å². The number of hydrogen-bond acceptors (Lipinski definition) is 6. The summed E-state index contributed by atoms with van der Waals surface area (Å²) in [7, 11) is 0. The van der Waals surface area contributed by atoms with Gasteiger partial charge in [-0.25, -0.2) is 19.6 Å². The van der Waals surface area contributed by atoms with Crippen LogP contribution in [-0.4, -0.2) is 35.2 Å². The summed E-state index contributed by atoms with van der Waals surface area (Å²) in [6.07, 6.45) is 4.33. The molecule has 9 heteroatoms. The molecule has 1 N–H and O–H groups in total. The van der Waals surface area contributed by atoms with Crippen molar-refractivity contribution in [1.82, 2.24) is 29.3 Å². The Hall–Kier alpha value is -3.36. The van der Waals surface area contributed by atoms with Crippen LogP contribution in [0.3, 0.4) is 0 Å². The fourth-order valence-corrected chi connectivity index (χ4v) is 2.32. The molecule has 0 saturated heterocycles. The maximum atomic E-state index is 12.1. The van der Waals surface area contributed by atoms with E-state index in [9.17, 15) is 9.59 Å². The fraction of sp³-hybridized carbons (Fsp3) is 0.250. The standard InChI is InChI=1S/C16H17N7O2/c1-10-5-15(25)22(9-19-10)8-14(24)20-13-6-17-16(18-7-13)23-12(3)4-11(2)21-23/h4-7,9H,8H2,1-3H3,(H,20,24).